The van der Waals surface area contributed by atoms with Crippen molar-refractivity contribution >= 4 is 17.0 Å². The third-order valence-electron chi connectivity index (χ3n) is 5.52. The molecule has 1 aromatic heterocycles. The van der Waals surface area contributed by atoms with Gasteiger partial charge in [-0.15, -0.1) is 0 Å². The van der Waals surface area contributed by atoms with Crippen molar-refractivity contribution in [3.63, 3.8) is 0 Å². The van der Waals surface area contributed by atoms with Crippen LogP contribution >= 0.6 is 0 Å². The van der Waals surface area contributed by atoms with Crippen LogP contribution in [0.1, 0.15) is 48.0 Å². The zero-order chi connectivity index (χ0) is 19.3. The maximum Gasteiger partial charge on any atom is 0.251 e. The van der Waals surface area contributed by atoms with Gasteiger partial charge in [0.25, 0.3) is 5.91 Å². The predicted octanol–water partition coefficient (Wildman–Crippen LogP) is 4.02. The summed E-state index contributed by atoms with van der Waals surface area (Å²) in [6, 6.07) is 16.2. The van der Waals surface area contributed by atoms with Gasteiger partial charge in [-0.05, 0) is 50.1 Å². The largest absolute Gasteiger partial charge is 0.440 e. The molecule has 0 saturated carbocycles. The summed E-state index contributed by atoms with van der Waals surface area (Å²) >= 11 is 0. The molecule has 146 valence electrons. The number of nitrogens with zero attached hydrogens (tertiary/aromatic N) is 2. The number of amides is 1. The Kier molecular flexibility index (Phi) is 5.72. The molecule has 0 aliphatic carbocycles. The number of likely N-dealkylation sites (tertiary alicyclic amines) is 1. The number of oxazole rings is 1. The molecule has 1 amide bonds. The van der Waals surface area contributed by atoms with E-state index in [1.165, 1.54) is 19.3 Å². The number of aromatic nitrogens is 1. The van der Waals surface area contributed by atoms with E-state index >= 15 is 0 Å². The Morgan fingerprint density at radius 3 is 2.89 bits per heavy atom. The van der Waals surface area contributed by atoms with E-state index in [-0.39, 0.29) is 5.91 Å². The first kappa shape index (κ1) is 18.7. The third-order valence-corrected chi connectivity index (χ3v) is 5.52. The normalized spacial score (nSPS) is 17.7. The van der Waals surface area contributed by atoms with Crippen LogP contribution in [0.5, 0.6) is 0 Å². The Bertz CT molecular complexity index is 935. The molecular formula is C23H27N3O2. The first-order valence-electron chi connectivity index (χ1n) is 10.1. The molecule has 0 bridgehead atoms. The molecule has 1 N–H and O–H groups in total. The fourth-order valence-corrected chi connectivity index (χ4v) is 3.86. The van der Waals surface area contributed by atoms with Crippen molar-refractivity contribution in [3.8, 4) is 0 Å². The maximum atomic E-state index is 12.5. The fourth-order valence-electron chi connectivity index (χ4n) is 3.86. The Morgan fingerprint density at radius 2 is 2.07 bits per heavy atom. The summed E-state index contributed by atoms with van der Waals surface area (Å²) in [6.07, 6.45) is 4.46. The van der Waals surface area contributed by atoms with Crippen molar-refractivity contribution in [2.24, 2.45) is 0 Å². The van der Waals surface area contributed by atoms with Crippen LogP contribution in [0.2, 0.25) is 0 Å². The fraction of sp³-hybridized carbons (Fsp3) is 0.391. The van der Waals surface area contributed by atoms with Crippen LogP contribution in [0.15, 0.2) is 52.9 Å². The van der Waals surface area contributed by atoms with Crippen molar-refractivity contribution in [2.75, 3.05) is 19.6 Å². The molecule has 1 saturated heterocycles. The standard InChI is InChI=1S/C23H27N3O2/c1-17-7-5-6-13-26(17)14-12-24-23(27)19-10-11-20-21(16-19)28-22(25-20)15-18-8-3-2-4-9-18/h2-4,8-11,16-17H,5-7,12-15H2,1H3,(H,24,27)/t17-/m0/s1. The highest BCUT2D eigenvalue weighted by molar-refractivity contribution is 5.97. The number of rotatable bonds is 6. The Labute approximate surface area is 165 Å². The molecule has 1 fully saturated rings. The number of hydrogen-bond acceptors (Lipinski definition) is 4. The van der Waals surface area contributed by atoms with Gasteiger partial charge in [0, 0.05) is 31.1 Å². The van der Waals surface area contributed by atoms with Gasteiger partial charge in [0.2, 0.25) is 0 Å². The second kappa shape index (κ2) is 8.57. The smallest absolute Gasteiger partial charge is 0.251 e. The Morgan fingerprint density at radius 1 is 1.21 bits per heavy atom. The molecule has 1 aliphatic rings. The third kappa shape index (κ3) is 4.42. The Hall–Kier alpha value is -2.66. The van der Waals surface area contributed by atoms with Crippen molar-refractivity contribution in [1.82, 2.24) is 15.2 Å². The van der Waals surface area contributed by atoms with Crippen LogP contribution in [-0.4, -0.2) is 41.5 Å². The van der Waals surface area contributed by atoms with E-state index in [1.807, 2.05) is 30.3 Å². The summed E-state index contributed by atoms with van der Waals surface area (Å²) in [6.45, 7) is 4.96. The maximum absolute atomic E-state index is 12.5. The summed E-state index contributed by atoms with van der Waals surface area (Å²) in [4.78, 5) is 19.5. The summed E-state index contributed by atoms with van der Waals surface area (Å²) in [7, 11) is 0. The number of fused-ring (bicyclic) bond motifs is 1. The SMILES string of the molecule is C[C@H]1CCCCN1CCNC(=O)c1ccc2nc(Cc3ccccc3)oc2c1. The van der Waals surface area contributed by atoms with E-state index in [4.69, 9.17) is 4.42 Å². The lowest BCUT2D eigenvalue weighted by atomic mass is 10.0. The molecule has 0 spiro atoms. The molecule has 4 rings (SSSR count). The van der Waals surface area contributed by atoms with E-state index in [1.54, 1.807) is 6.07 Å². The van der Waals surface area contributed by atoms with E-state index in [2.05, 4.69) is 34.3 Å². The quantitative estimate of drug-likeness (QED) is 0.705. The molecule has 28 heavy (non-hydrogen) atoms. The van der Waals surface area contributed by atoms with Crippen molar-refractivity contribution in [2.45, 2.75) is 38.6 Å². The van der Waals surface area contributed by atoms with Crippen LogP contribution in [0, 0.1) is 0 Å². The molecule has 0 radical (unpaired) electrons. The molecule has 2 aromatic carbocycles. The first-order valence-corrected chi connectivity index (χ1v) is 10.1. The minimum Gasteiger partial charge on any atom is -0.440 e. The van der Waals surface area contributed by atoms with E-state index in [0.717, 1.165) is 24.2 Å². The van der Waals surface area contributed by atoms with Crippen LogP contribution < -0.4 is 5.32 Å². The lowest BCUT2D eigenvalue weighted by molar-refractivity contribution is 0.0938. The molecule has 5 nitrogen and oxygen atoms in total. The van der Waals surface area contributed by atoms with Crippen molar-refractivity contribution in [1.29, 1.82) is 0 Å². The van der Waals surface area contributed by atoms with Gasteiger partial charge in [0.1, 0.15) is 5.52 Å². The van der Waals surface area contributed by atoms with Gasteiger partial charge >= 0.3 is 0 Å². The average Bonchev–Trinajstić information content (AvgIpc) is 3.11. The lowest BCUT2D eigenvalue weighted by Crippen LogP contribution is -2.42. The molecular weight excluding hydrogens is 350 g/mol. The molecule has 5 heteroatoms. The number of piperidine rings is 1. The lowest BCUT2D eigenvalue weighted by Gasteiger charge is -2.33. The van der Waals surface area contributed by atoms with E-state index in [9.17, 15) is 4.79 Å². The van der Waals surface area contributed by atoms with Crippen LogP contribution in [0.25, 0.3) is 11.1 Å². The zero-order valence-corrected chi connectivity index (χ0v) is 16.4. The molecule has 1 atom stereocenters. The summed E-state index contributed by atoms with van der Waals surface area (Å²) in [5.74, 6) is 0.602. The van der Waals surface area contributed by atoms with Crippen molar-refractivity contribution < 1.29 is 9.21 Å². The minimum atomic E-state index is -0.0624. The van der Waals surface area contributed by atoms with Gasteiger partial charge in [-0.1, -0.05) is 36.8 Å². The van der Waals surface area contributed by atoms with E-state index < -0.39 is 0 Å². The van der Waals surface area contributed by atoms with Gasteiger partial charge in [-0.25, -0.2) is 4.98 Å². The minimum absolute atomic E-state index is 0.0624. The predicted molar refractivity (Wildman–Crippen MR) is 110 cm³/mol. The average molecular weight is 377 g/mol. The highest BCUT2D eigenvalue weighted by atomic mass is 16.3. The highest BCUT2D eigenvalue weighted by Crippen LogP contribution is 2.20. The summed E-state index contributed by atoms with van der Waals surface area (Å²) in [5, 5.41) is 3.04. The number of nitrogens with one attached hydrogen (secondary N) is 1. The van der Waals surface area contributed by atoms with Crippen molar-refractivity contribution in [3.05, 3.63) is 65.5 Å². The number of carbonyl (C=O) groups is 1. The second-order valence-electron chi connectivity index (χ2n) is 7.59. The van der Waals surface area contributed by atoms with Gasteiger partial charge in [0.05, 0.1) is 0 Å². The molecule has 2 heterocycles. The van der Waals surface area contributed by atoms with Gasteiger partial charge in [-0.3, -0.25) is 9.69 Å². The van der Waals surface area contributed by atoms with E-state index in [0.29, 0.717) is 36.0 Å². The second-order valence-corrected chi connectivity index (χ2v) is 7.59. The van der Waals surface area contributed by atoms with Gasteiger partial charge < -0.3 is 9.73 Å². The number of benzene rings is 2. The van der Waals surface area contributed by atoms with Gasteiger partial charge in [0.15, 0.2) is 11.5 Å². The molecule has 1 aliphatic heterocycles. The highest BCUT2D eigenvalue weighted by Gasteiger charge is 2.18. The number of carbonyl (C=O) groups excluding carboxylic acids is 1. The Balaban J connectivity index is 1.37. The van der Waals surface area contributed by atoms with Crippen LogP contribution in [-0.2, 0) is 6.42 Å². The monoisotopic (exact) mass is 377 g/mol. The molecule has 0 unspecified atom stereocenters. The van der Waals surface area contributed by atoms with Crippen LogP contribution in [0.3, 0.4) is 0 Å². The molecule has 3 aromatic rings. The van der Waals surface area contributed by atoms with Crippen LogP contribution in [0.4, 0.5) is 0 Å². The first-order chi connectivity index (χ1) is 13.7. The topological polar surface area (TPSA) is 58.4 Å². The zero-order valence-electron chi connectivity index (χ0n) is 16.4. The number of hydrogen-bond donors (Lipinski definition) is 1. The van der Waals surface area contributed by atoms with Gasteiger partial charge in [-0.2, -0.15) is 0 Å². The summed E-state index contributed by atoms with van der Waals surface area (Å²) in [5.41, 5.74) is 3.20. The summed E-state index contributed by atoms with van der Waals surface area (Å²) < 4.78 is 5.88.